The number of halogens is 3. The quantitative estimate of drug-likeness (QED) is 0.929. The minimum atomic E-state index is -4.46. The van der Waals surface area contributed by atoms with Crippen molar-refractivity contribution in [1.29, 1.82) is 0 Å². The van der Waals surface area contributed by atoms with Crippen LogP contribution in [0.15, 0.2) is 6.07 Å². The highest BCUT2D eigenvalue weighted by Crippen LogP contribution is 2.33. The summed E-state index contributed by atoms with van der Waals surface area (Å²) < 4.78 is 40.1. The van der Waals surface area contributed by atoms with Gasteiger partial charge in [-0.15, -0.1) is 0 Å². The first-order valence-corrected chi connectivity index (χ1v) is 7.29. The van der Waals surface area contributed by atoms with Crippen molar-refractivity contribution in [3.8, 4) is 0 Å². The Hall–Kier alpha value is -1.57. The Bertz CT molecular complexity index is 532. The molecule has 0 unspecified atom stereocenters. The first kappa shape index (κ1) is 16.8. The summed E-state index contributed by atoms with van der Waals surface area (Å²) in [5.74, 6) is -0.417. The highest BCUT2D eigenvalue weighted by atomic mass is 19.4. The third kappa shape index (κ3) is 3.43. The Balaban J connectivity index is 2.19. The lowest BCUT2D eigenvalue weighted by Gasteiger charge is -2.32. The Morgan fingerprint density at radius 3 is 2.45 bits per heavy atom. The lowest BCUT2D eigenvalue weighted by Crippen LogP contribution is -2.40. The predicted octanol–water partition coefficient (Wildman–Crippen LogP) is 2.18. The number of hydrogen-bond donors (Lipinski definition) is 1. The molecule has 0 atom stereocenters. The van der Waals surface area contributed by atoms with E-state index in [1.54, 1.807) is 0 Å². The summed E-state index contributed by atoms with van der Waals surface area (Å²) >= 11 is 0. The van der Waals surface area contributed by atoms with Gasteiger partial charge in [0.25, 0.3) is 0 Å². The zero-order valence-corrected chi connectivity index (χ0v) is 12.6. The second-order valence-electron chi connectivity index (χ2n) is 5.82. The summed E-state index contributed by atoms with van der Waals surface area (Å²) in [5.41, 5.74) is -0.315. The fourth-order valence-corrected chi connectivity index (χ4v) is 2.73. The van der Waals surface area contributed by atoms with Gasteiger partial charge in [-0.25, -0.2) is 0 Å². The monoisotopic (exact) mass is 319 g/mol. The largest absolute Gasteiger partial charge is 0.435 e. The molecule has 1 N–H and O–H groups in total. The SMILES string of the molecule is CC(C)c1cc(C(F)(F)F)nn1C1CCN(C(=O)CO)CC1. The first-order chi connectivity index (χ1) is 10.2. The van der Waals surface area contributed by atoms with E-state index in [0.29, 0.717) is 31.6 Å². The van der Waals surface area contributed by atoms with Gasteiger partial charge in [-0.05, 0) is 24.8 Å². The molecule has 8 heteroatoms. The normalized spacial score (nSPS) is 17.3. The number of carbonyl (C=O) groups excluding carboxylic acids is 1. The molecule has 0 bridgehead atoms. The van der Waals surface area contributed by atoms with Gasteiger partial charge in [0.15, 0.2) is 5.69 Å². The summed E-state index contributed by atoms with van der Waals surface area (Å²) in [6, 6.07) is 0.951. The van der Waals surface area contributed by atoms with E-state index in [-0.39, 0.29) is 17.9 Å². The summed E-state index contributed by atoms with van der Waals surface area (Å²) in [6.45, 7) is 3.96. The first-order valence-electron chi connectivity index (χ1n) is 7.29. The van der Waals surface area contributed by atoms with Crippen LogP contribution in [0.5, 0.6) is 0 Å². The molecule has 1 fully saturated rings. The fraction of sp³-hybridized carbons (Fsp3) is 0.714. The van der Waals surface area contributed by atoms with E-state index in [9.17, 15) is 18.0 Å². The van der Waals surface area contributed by atoms with Crippen LogP contribution in [-0.4, -0.2) is 45.4 Å². The smallest absolute Gasteiger partial charge is 0.387 e. The summed E-state index contributed by atoms with van der Waals surface area (Å²) in [7, 11) is 0. The van der Waals surface area contributed by atoms with Crippen molar-refractivity contribution in [3.05, 3.63) is 17.5 Å². The molecule has 5 nitrogen and oxygen atoms in total. The van der Waals surface area contributed by atoms with Crippen LogP contribution in [0.3, 0.4) is 0 Å². The van der Waals surface area contributed by atoms with Crippen LogP contribution in [0.25, 0.3) is 0 Å². The van der Waals surface area contributed by atoms with Crippen molar-refractivity contribution < 1.29 is 23.1 Å². The van der Waals surface area contributed by atoms with Crippen molar-refractivity contribution in [3.63, 3.8) is 0 Å². The van der Waals surface area contributed by atoms with Gasteiger partial charge in [0.2, 0.25) is 5.91 Å². The molecule has 2 heterocycles. The van der Waals surface area contributed by atoms with E-state index in [2.05, 4.69) is 5.10 Å². The molecule has 124 valence electrons. The van der Waals surface area contributed by atoms with Crippen molar-refractivity contribution in [2.45, 2.75) is 44.8 Å². The maximum atomic E-state index is 12.9. The minimum absolute atomic E-state index is 0.0688. The van der Waals surface area contributed by atoms with Crippen LogP contribution in [0.2, 0.25) is 0 Å². The van der Waals surface area contributed by atoms with E-state index in [1.807, 2.05) is 13.8 Å². The molecule has 1 amide bonds. The molecule has 22 heavy (non-hydrogen) atoms. The van der Waals surface area contributed by atoms with Gasteiger partial charge < -0.3 is 10.0 Å². The van der Waals surface area contributed by atoms with Crippen LogP contribution in [0.1, 0.15) is 50.0 Å². The lowest BCUT2D eigenvalue weighted by molar-refractivity contribution is -0.141. The number of nitrogens with zero attached hydrogens (tertiary/aromatic N) is 3. The van der Waals surface area contributed by atoms with E-state index >= 15 is 0 Å². The average molecular weight is 319 g/mol. The molecule has 0 radical (unpaired) electrons. The number of alkyl halides is 3. The van der Waals surface area contributed by atoms with Crippen LogP contribution >= 0.6 is 0 Å². The van der Waals surface area contributed by atoms with E-state index in [1.165, 1.54) is 9.58 Å². The second-order valence-corrected chi connectivity index (χ2v) is 5.82. The molecule has 1 aromatic rings. The maximum Gasteiger partial charge on any atom is 0.435 e. The third-order valence-electron chi connectivity index (χ3n) is 3.94. The Morgan fingerprint density at radius 1 is 1.41 bits per heavy atom. The summed E-state index contributed by atoms with van der Waals surface area (Å²) in [5, 5.41) is 12.6. The lowest BCUT2D eigenvalue weighted by atomic mass is 10.0. The number of likely N-dealkylation sites (tertiary alicyclic amines) is 1. The molecule has 0 saturated carbocycles. The Kier molecular flexibility index (Phi) is 4.79. The fourth-order valence-electron chi connectivity index (χ4n) is 2.73. The summed E-state index contributed by atoms with van der Waals surface area (Å²) in [6.07, 6.45) is -3.39. The molecule has 2 rings (SSSR count). The van der Waals surface area contributed by atoms with Crippen molar-refractivity contribution in [2.24, 2.45) is 0 Å². The van der Waals surface area contributed by atoms with Gasteiger partial charge in [0.1, 0.15) is 6.61 Å². The molecule has 1 aromatic heterocycles. The highest BCUT2D eigenvalue weighted by molar-refractivity contribution is 5.77. The number of hydrogen-bond acceptors (Lipinski definition) is 3. The van der Waals surface area contributed by atoms with Crippen molar-refractivity contribution >= 4 is 5.91 Å². The number of piperidine rings is 1. The molecule has 1 saturated heterocycles. The number of aliphatic hydroxyl groups excluding tert-OH is 1. The van der Waals surface area contributed by atoms with Gasteiger partial charge in [-0.3, -0.25) is 9.48 Å². The van der Waals surface area contributed by atoms with Gasteiger partial charge in [-0.2, -0.15) is 18.3 Å². The van der Waals surface area contributed by atoms with Crippen LogP contribution in [-0.2, 0) is 11.0 Å². The third-order valence-corrected chi connectivity index (χ3v) is 3.94. The number of carbonyl (C=O) groups is 1. The number of aliphatic hydroxyl groups is 1. The van der Waals surface area contributed by atoms with Gasteiger partial charge >= 0.3 is 6.18 Å². The topological polar surface area (TPSA) is 58.4 Å². The molecule has 0 aliphatic carbocycles. The van der Waals surface area contributed by atoms with Crippen LogP contribution in [0, 0.1) is 0 Å². The number of aromatic nitrogens is 2. The van der Waals surface area contributed by atoms with E-state index in [0.717, 1.165) is 6.07 Å². The van der Waals surface area contributed by atoms with Gasteiger partial charge in [-0.1, -0.05) is 13.8 Å². The maximum absolute atomic E-state index is 12.9. The molecular formula is C14H20F3N3O2. The van der Waals surface area contributed by atoms with Crippen LogP contribution in [0.4, 0.5) is 13.2 Å². The zero-order chi connectivity index (χ0) is 16.5. The molecule has 0 aromatic carbocycles. The standard InChI is InChI=1S/C14H20F3N3O2/c1-9(2)11-7-12(14(15,16)17)18-20(11)10-3-5-19(6-4-10)13(22)8-21/h7,9-10,21H,3-6,8H2,1-2H3. The van der Waals surface area contributed by atoms with E-state index in [4.69, 9.17) is 5.11 Å². The van der Waals surface area contributed by atoms with Crippen molar-refractivity contribution in [2.75, 3.05) is 19.7 Å². The van der Waals surface area contributed by atoms with Gasteiger partial charge in [0.05, 0.1) is 6.04 Å². The van der Waals surface area contributed by atoms with Crippen molar-refractivity contribution in [1.82, 2.24) is 14.7 Å². The Morgan fingerprint density at radius 2 is 2.00 bits per heavy atom. The molecule has 0 spiro atoms. The minimum Gasteiger partial charge on any atom is -0.387 e. The summed E-state index contributed by atoms with van der Waals surface area (Å²) in [4.78, 5) is 13.0. The van der Waals surface area contributed by atoms with Gasteiger partial charge in [0, 0.05) is 18.8 Å². The Labute approximate surface area is 126 Å². The predicted molar refractivity (Wildman–Crippen MR) is 73.3 cm³/mol. The highest BCUT2D eigenvalue weighted by Gasteiger charge is 2.36. The number of amides is 1. The second kappa shape index (κ2) is 6.28. The van der Waals surface area contributed by atoms with Crippen LogP contribution < -0.4 is 0 Å². The van der Waals surface area contributed by atoms with E-state index < -0.39 is 18.5 Å². The molecule has 1 aliphatic heterocycles. The number of rotatable bonds is 3. The molecule has 1 aliphatic rings. The zero-order valence-electron chi connectivity index (χ0n) is 12.6. The molecular weight excluding hydrogens is 299 g/mol. The average Bonchev–Trinajstić information content (AvgIpc) is 2.92.